The maximum Gasteiger partial charge on any atom is 0.449 e. The summed E-state index contributed by atoms with van der Waals surface area (Å²) in [4.78, 5) is 26.0. The largest absolute Gasteiger partial charge is 0.480 e. The van der Waals surface area contributed by atoms with Gasteiger partial charge in [-0.05, 0) is 72.9 Å². The van der Waals surface area contributed by atoms with Gasteiger partial charge in [0.15, 0.2) is 15.6 Å². The molecule has 7 nitrogen and oxygen atoms in total. The molecule has 42 heavy (non-hydrogen) atoms. The van der Waals surface area contributed by atoms with Crippen LogP contribution in [0.2, 0.25) is 0 Å². The summed E-state index contributed by atoms with van der Waals surface area (Å²) < 4.78 is 69.2. The minimum Gasteiger partial charge on any atom is -0.480 e. The molecule has 4 aromatic rings. The Morgan fingerprint density at radius 3 is 2.07 bits per heavy atom. The van der Waals surface area contributed by atoms with Gasteiger partial charge in [0, 0.05) is 12.1 Å². The number of amides is 1. The van der Waals surface area contributed by atoms with Crippen LogP contribution >= 0.6 is 0 Å². The Balaban J connectivity index is 1.64. The number of benzene rings is 3. The van der Waals surface area contributed by atoms with Gasteiger partial charge in [0.05, 0.1) is 11.4 Å². The van der Waals surface area contributed by atoms with Crippen molar-refractivity contribution >= 4 is 21.7 Å². The second-order valence-electron chi connectivity index (χ2n) is 10.1. The summed E-state index contributed by atoms with van der Waals surface area (Å²) in [6.45, 7) is 5.37. The van der Waals surface area contributed by atoms with Gasteiger partial charge in [-0.15, -0.1) is 0 Å². The highest BCUT2D eigenvalue weighted by Crippen LogP contribution is 2.32. The highest BCUT2D eigenvalue weighted by molar-refractivity contribution is 7.92. The minimum atomic E-state index is -4.66. The van der Waals surface area contributed by atoms with Gasteiger partial charge in [0.2, 0.25) is 5.76 Å². The van der Waals surface area contributed by atoms with Crippen LogP contribution < -0.4 is 0 Å². The van der Waals surface area contributed by atoms with Crippen molar-refractivity contribution in [3.63, 3.8) is 0 Å². The van der Waals surface area contributed by atoms with Crippen LogP contribution in [0.5, 0.6) is 0 Å². The summed E-state index contributed by atoms with van der Waals surface area (Å²) in [6.07, 6.45) is -4.66. The van der Waals surface area contributed by atoms with Gasteiger partial charge in [-0.3, -0.25) is 9.59 Å². The lowest BCUT2D eigenvalue weighted by Crippen LogP contribution is -2.31. The zero-order chi connectivity index (χ0) is 30.8. The molecule has 0 saturated carbocycles. The highest BCUT2D eigenvalue weighted by atomic mass is 32.2. The van der Waals surface area contributed by atoms with E-state index >= 15 is 0 Å². The number of carboxylic acids is 1. The van der Waals surface area contributed by atoms with Crippen LogP contribution in [-0.2, 0) is 33.9 Å². The Labute approximate surface area is 241 Å². The normalized spacial score (nSPS) is 11.9. The molecular formula is C31H28F3NO6S. The topological polar surface area (TPSA) is 105 Å². The Morgan fingerprint density at radius 2 is 1.50 bits per heavy atom. The number of carboxylic acid groups (broad SMARTS) is 1. The second kappa shape index (κ2) is 11.8. The van der Waals surface area contributed by atoms with Crippen LogP contribution in [0.4, 0.5) is 13.2 Å². The van der Waals surface area contributed by atoms with Crippen molar-refractivity contribution in [1.82, 2.24) is 4.90 Å². The smallest absolute Gasteiger partial charge is 0.449 e. The molecule has 1 heterocycles. The molecular weight excluding hydrogens is 571 g/mol. The van der Waals surface area contributed by atoms with Crippen LogP contribution in [0, 0.1) is 20.8 Å². The van der Waals surface area contributed by atoms with Crippen molar-refractivity contribution < 1.29 is 40.7 Å². The van der Waals surface area contributed by atoms with Crippen LogP contribution in [0.15, 0.2) is 82.1 Å². The molecule has 1 amide bonds. The number of furan rings is 1. The summed E-state index contributed by atoms with van der Waals surface area (Å²) in [5, 5.41) is 8.92. The van der Waals surface area contributed by atoms with Gasteiger partial charge in [0.25, 0.3) is 5.91 Å². The first-order valence-electron chi connectivity index (χ1n) is 12.8. The molecule has 4 rings (SSSR count). The van der Waals surface area contributed by atoms with Crippen LogP contribution in [0.25, 0.3) is 11.1 Å². The van der Waals surface area contributed by atoms with E-state index in [0.29, 0.717) is 22.3 Å². The van der Waals surface area contributed by atoms with Gasteiger partial charge >= 0.3 is 12.1 Å². The lowest BCUT2D eigenvalue weighted by atomic mass is 9.98. The molecule has 220 valence electrons. The fourth-order valence-corrected chi connectivity index (χ4v) is 5.90. The third-order valence-electron chi connectivity index (χ3n) is 6.63. The SMILES string of the molecule is Cc1cc(C)c(C(=O)N(Cc2ccc(-c3cccc(S(=O)(=O)CC(=O)O)c3)cc2)Cc2ccc(C(F)(F)F)o2)c(C)c1. The van der Waals surface area contributed by atoms with E-state index in [4.69, 9.17) is 9.52 Å². The summed E-state index contributed by atoms with van der Waals surface area (Å²) in [5.41, 5.74) is 4.78. The Bertz CT molecular complexity index is 1720. The maximum atomic E-state index is 13.8. The summed E-state index contributed by atoms with van der Waals surface area (Å²) in [5.74, 6) is -4.02. The molecule has 0 radical (unpaired) electrons. The molecule has 0 aliphatic carbocycles. The number of aliphatic carboxylic acids is 1. The number of rotatable bonds is 9. The number of hydrogen-bond donors (Lipinski definition) is 1. The Kier molecular flexibility index (Phi) is 8.63. The number of halogens is 3. The van der Waals surface area contributed by atoms with E-state index in [1.165, 1.54) is 29.2 Å². The molecule has 0 bridgehead atoms. The molecule has 0 aliphatic rings. The number of alkyl halides is 3. The van der Waals surface area contributed by atoms with E-state index in [2.05, 4.69) is 0 Å². The van der Waals surface area contributed by atoms with Crippen LogP contribution in [0.3, 0.4) is 0 Å². The molecule has 0 saturated heterocycles. The number of aryl methyl sites for hydroxylation is 3. The number of nitrogens with zero attached hydrogens (tertiary/aromatic N) is 1. The van der Waals surface area contributed by atoms with Crippen LogP contribution in [-0.4, -0.2) is 36.1 Å². The average Bonchev–Trinajstić information content (AvgIpc) is 3.37. The third kappa shape index (κ3) is 7.09. The van der Waals surface area contributed by atoms with Crippen molar-refractivity contribution in [2.24, 2.45) is 0 Å². The number of carbonyl (C=O) groups excluding carboxylic acids is 1. The number of carbonyl (C=O) groups is 2. The van der Waals surface area contributed by atoms with Crippen molar-refractivity contribution in [1.29, 1.82) is 0 Å². The first-order chi connectivity index (χ1) is 19.6. The first kappa shape index (κ1) is 30.6. The van der Waals surface area contributed by atoms with Gasteiger partial charge in [-0.2, -0.15) is 13.2 Å². The lowest BCUT2D eigenvalue weighted by Gasteiger charge is -2.24. The van der Waals surface area contributed by atoms with Gasteiger partial charge < -0.3 is 14.4 Å². The molecule has 3 aromatic carbocycles. The van der Waals surface area contributed by atoms with E-state index in [-0.39, 0.29) is 29.7 Å². The summed E-state index contributed by atoms with van der Waals surface area (Å²) in [6, 6.07) is 18.6. The highest BCUT2D eigenvalue weighted by Gasteiger charge is 2.35. The van der Waals surface area contributed by atoms with Crippen LogP contribution in [0.1, 0.15) is 44.1 Å². The van der Waals surface area contributed by atoms with E-state index in [9.17, 15) is 31.2 Å². The van der Waals surface area contributed by atoms with E-state index < -0.39 is 33.5 Å². The summed E-state index contributed by atoms with van der Waals surface area (Å²) in [7, 11) is -4.02. The van der Waals surface area contributed by atoms with E-state index in [0.717, 1.165) is 22.8 Å². The fraction of sp³-hybridized carbons (Fsp3) is 0.226. The lowest BCUT2D eigenvalue weighted by molar-refractivity contribution is -0.153. The van der Waals surface area contributed by atoms with E-state index in [1.807, 2.05) is 19.1 Å². The predicted octanol–water partition coefficient (Wildman–Crippen LogP) is 6.59. The second-order valence-corrected chi connectivity index (χ2v) is 12.1. The first-order valence-corrected chi connectivity index (χ1v) is 14.5. The molecule has 0 fully saturated rings. The van der Waals surface area contributed by atoms with Gasteiger partial charge in [-0.25, -0.2) is 8.42 Å². The van der Waals surface area contributed by atoms with E-state index in [1.54, 1.807) is 44.2 Å². The molecule has 1 aromatic heterocycles. The van der Waals surface area contributed by atoms with Crippen molar-refractivity contribution in [2.75, 3.05) is 5.75 Å². The molecule has 11 heteroatoms. The molecule has 0 aliphatic heterocycles. The average molecular weight is 600 g/mol. The molecule has 0 atom stereocenters. The standard InChI is InChI=1S/C31H28F3NO6S/c1-19-13-20(2)29(21(3)14-19)30(38)35(17-25-11-12-27(41-25)31(32,33)34)16-22-7-9-23(10-8-22)24-5-4-6-26(15-24)42(39,40)18-28(36)37/h4-15H,16-18H2,1-3H3,(H,36,37). The van der Waals surface area contributed by atoms with Gasteiger partial charge in [-0.1, -0.05) is 54.1 Å². The zero-order valence-electron chi connectivity index (χ0n) is 23.0. The van der Waals surface area contributed by atoms with Gasteiger partial charge in [0.1, 0.15) is 5.76 Å². The molecule has 1 N–H and O–H groups in total. The number of hydrogen-bond acceptors (Lipinski definition) is 5. The molecule has 0 spiro atoms. The molecule has 0 unspecified atom stereocenters. The summed E-state index contributed by atoms with van der Waals surface area (Å²) >= 11 is 0. The maximum absolute atomic E-state index is 13.8. The monoisotopic (exact) mass is 599 g/mol. The predicted molar refractivity (Wildman–Crippen MR) is 150 cm³/mol. The number of sulfone groups is 1. The Hall–Kier alpha value is -4.38. The minimum absolute atomic E-state index is 0.0194. The third-order valence-corrected chi connectivity index (χ3v) is 8.23. The zero-order valence-corrected chi connectivity index (χ0v) is 23.8. The quantitative estimate of drug-likeness (QED) is 0.233. The van der Waals surface area contributed by atoms with Crippen molar-refractivity contribution in [2.45, 2.75) is 44.9 Å². The Morgan fingerprint density at radius 1 is 0.857 bits per heavy atom. The van der Waals surface area contributed by atoms with Crippen molar-refractivity contribution in [3.8, 4) is 11.1 Å². The van der Waals surface area contributed by atoms with Crippen molar-refractivity contribution in [3.05, 3.63) is 112 Å². The fourth-order valence-electron chi connectivity index (χ4n) is 4.82.